The van der Waals surface area contributed by atoms with Crippen molar-refractivity contribution in [1.29, 1.82) is 0 Å². The lowest BCUT2D eigenvalue weighted by Crippen LogP contribution is -2.42. The third kappa shape index (κ3) is 5.07. The van der Waals surface area contributed by atoms with Crippen molar-refractivity contribution in [3.05, 3.63) is 35.9 Å². The smallest absolute Gasteiger partial charge is 0.215 e. The highest BCUT2D eigenvalue weighted by Gasteiger charge is 2.23. The summed E-state index contributed by atoms with van der Waals surface area (Å²) in [5.41, 5.74) is 6.57. The summed E-state index contributed by atoms with van der Waals surface area (Å²) < 4.78 is 26.9. The molecule has 0 saturated heterocycles. The predicted octanol–water partition coefficient (Wildman–Crippen LogP) is 1.34. The summed E-state index contributed by atoms with van der Waals surface area (Å²) in [6.45, 7) is 7.99. The van der Waals surface area contributed by atoms with E-state index in [2.05, 4.69) is 23.5 Å². The summed E-state index contributed by atoms with van der Waals surface area (Å²) in [5, 5.41) is -0.578. The van der Waals surface area contributed by atoms with Crippen molar-refractivity contribution in [2.75, 3.05) is 26.2 Å². The highest BCUT2D eigenvalue weighted by molar-refractivity contribution is 7.90. The Morgan fingerprint density at radius 1 is 1.19 bits per heavy atom. The summed E-state index contributed by atoms with van der Waals surface area (Å²) in [6, 6.07) is 10.0. The number of nitrogens with zero attached hydrogens (tertiary/aromatic N) is 1. The Hall–Kier alpha value is -0.950. The van der Waals surface area contributed by atoms with Crippen LogP contribution in [0.15, 0.2) is 30.3 Å². The van der Waals surface area contributed by atoms with E-state index in [1.807, 2.05) is 30.3 Å². The first-order chi connectivity index (χ1) is 9.96. The molecule has 120 valence electrons. The number of benzene rings is 1. The molecule has 0 fully saturated rings. The van der Waals surface area contributed by atoms with Crippen LogP contribution >= 0.6 is 0 Å². The SMILES string of the molecule is CCN(CC)C(CNS(=O)(=O)C(C)CN)c1ccccc1. The molecule has 3 N–H and O–H groups in total. The van der Waals surface area contributed by atoms with Gasteiger partial charge < -0.3 is 5.73 Å². The fourth-order valence-electron chi connectivity index (χ4n) is 2.26. The topological polar surface area (TPSA) is 75.4 Å². The zero-order chi connectivity index (χ0) is 15.9. The first-order valence-electron chi connectivity index (χ1n) is 7.43. The number of nitrogens with two attached hydrogens (primary N) is 1. The van der Waals surface area contributed by atoms with E-state index in [1.54, 1.807) is 6.92 Å². The van der Waals surface area contributed by atoms with Gasteiger partial charge in [0, 0.05) is 19.1 Å². The second-order valence-corrected chi connectivity index (χ2v) is 7.27. The maximum atomic E-state index is 12.1. The lowest BCUT2D eigenvalue weighted by molar-refractivity contribution is 0.220. The zero-order valence-electron chi connectivity index (χ0n) is 13.1. The van der Waals surface area contributed by atoms with Gasteiger partial charge in [0.15, 0.2) is 0 Å². The summed E-state index contributed by atoms with van der Waals surface area (Å²) in [7, 11) is -3.37. The second kappa shape index (κ2) is 8.48. The summed E-state index contributed by atoms with van der Waals surface area (Å²) in [6.07, 6.45) is 0. The van der Waals surface area contributed by atoms with Crippen molar-refractivity contribution < 1.29 is 8.42 Å². The van der Waals surface area contributed by atoms with E-state index in [1.165, 1.54) is 0 Å². The van der Waals surface area contributed by atoms with Gasteiger partial charge in [-0.25, -0.2) is 13.1 Å². The Morgan fingerprint density at radius 3 is 2.24 bits per heavy atom. The van der Waals surface area contributed by atoms with Crippen LogP contribution in [-0.4, -0.2) is 44.7 Å². The largest absolute Gasteiger partial charge is 0.329 e. The van der Waals surface area contributed by atoms with Gasteiger partial charge in [0.2, 0.25) is 10.0 Å². The average Bonchev–Trinajstić information content (AvgIpc) is 2.51. The first kappa shape index (κ1) is 18.1. The Morgan fingerprint density at radius 2 is 1.76 bits per heavy atom. The molecule has 0 spiro atoms. The molecule has 1 aromatic rings. The predicted molar refractivity (Wildman–Crippen MR) is 87.5 cm³/mol. The van der Waals surface area contributed by atoms with Crippen molar-refractivity contribution in [2.24, 2.45) is 5.73 Å². The molecule has 0 aromatic heterocycles. The normalized spacial score (nSPS) is 15.1. The van der Waals surface area contributed by atoms with Gasteiger partial charge >= 0.3 is 0 Å². The van der Waals surface area contributed by atoms with Gasteiger partial charge in [-0.05, 0) is 25.6 Å². The van der Waals surface area contributed by atoms with E-state index in [0.717, 1.165) is 18.7 Å². The number of hydrogen-bond acceptors (Lipinski definition) is 4. The highest BCUT2D eigenvalue weighted by atomic mass is 32.2. The van der Waals surface area contributed by atoms with Crippen LogP contribution in [0.3, 0.4) is 0 Å². The minimum absolute atomic E-state index is 0.0287. The van der Waals surface area contributed by atoms with E-state index in [-0.39, 0.29) is 12.6 Å². The van der Waals surface area contributed by atoms with Gasteiger partial charge in [0.25, 0.3) is 0 Å². The van der Waals surface area contributed by atoms with Gasteiger partial charge in [-0.2, -0.15) is 0 Å². The molecule has 0 aliphatic heterocycles. The fraction of sp³-hybridized carbons (Fsp3) is 0.600. The Bertz CT molecular complexity index is 501. The molecule has 0 bridgehead atoms. The summed E-state index contributed by atoms with van der Waals surface area (Å²) >= 11 is 0. The first-order valence-corrected chi connectivity index (χ1v) is 8.98. The van der Waals surface area contributed by atoms with Crippen LogP contribution in [0.25, 0.3) is 0 Å². The molecule has 5 nitrogen and oxygen atoms in total. The van der Waals surface area contributed by atoms with Gasteiger partial charge in [0.05, 0.1) is 5.25 Å². The van der Waals surface area contributed by atoms with Crippen LogP contribution in [0.5, 0.6) is 0 Å². The molecule has 1 aromatic carbocycles. The van der Waals surface area contributed by atoms with Crippen LogP contribution in [0.2, 0.25) is 0 Å². The van der Waals surface area contributed by atoms with E-state index < -0.39 is 15.3 Å². The van der Waals surface area contributed by atoms with E-state index in [4.69, 9.17) is 5.73 Å². The molecule has 2 unspecified atom stereocenters. The average molecular weight is 313 g/mol. The van der Waals surface area contributed by atoms with E-state index in [0.29, 0.717) is 6.54 Å². The third-order valence-corrected chi connectivity index (χ3v) is 5.60. The summed E-state index contributed by atoms with van der Waals surface area (Å²) in [5.74, 6) is 0. The number of sulfonamides is 1. The number of likely N-dealkylation sites (N-methyl/N-ethyl adjacent to an activating group) is 1. The third-order valence-electron chi connectivity index (χ3n) is 3.78. The fourth-order valence-corrected chi connectivity index (χ4v) is 3.19. The molecular formula is C15H27N3O2S. The van der Waals surface area contributed by atoms with Crippen molar-refractivity contribution >= 4 is 10.0 Å². The lowest BCUT2D eigenvalue weighted by atomic mass is 10.1. The standard InChI is InChI=1S/C15H27N3O2S/c1-4-18(5-2)15(14-9-7-6-8-10-14)12-17-21(19,20)13(3)11-16/h6-10,13,15,17H,4-5,11-12,16H2,1-3H3. The Balaban J connectivity index is 2.89. The van der Waals surface area contributed by atoms with Crippen molar-refractivity contribution in [3.8, 4) is 0 Å². The van der Waals surface area contributed by atoms with Crippen LogP contribution < -0.4 is 10.5 Å². The molecule has 21 heavy (non-hydrogen) atoms. The number of hydrogen-bond donors (Lipinski definition) is 2. The quantitative estimate of drug-likeness (QED) is 0.721. The molecule has 0 radical (unpaired) electrons. The molecule has 0 aliphatic carbocycles. The Labute approximate surface area is 128 Å². The number of rotatable bonds is 9. The number of nitrogens with one attached hydrogen (secondary N) is 1. The van der Waals surface area contributed by atoms with Crippen LogP contribution in [0.4, 0.5) is 0 Å². The van der Waals surface area contributed by atoms with Crippen LogP contribution in [-0.2, 0) is 10.0 Å². The zero-order valence-corrected chi connectivity index (χ0v) is 13.9. The van der Waals surface area contributed by atoms with Gasteiger partial charge in [-0.1, -0.05) is 44.2 Å². The van der Waals surface area contributed by atoms with Crippen molar-refractivity contribution in [3.63, 3.8) is 0 Å². The van der Waals surface area contributed by atoms with E-state index >= 15 is 0 Å². The molecule has 0 amide bonds. The molecule has 2 atom stereocenters. The lowest BCUT2D eigenvalue weighted by Gasteiger charge is -2.30. The van der Waals surface area contributed by atoms with E-state index in [9.17, 15) is 8.42 Å². The molecule has 0 aliphatic rings. The minimum atomic E-state index is -3.37. The van der Waals surface area contributed by atoms with Crippen LogP contribution in [0.1, 0.15) is 32.4 Å². The minimum Gasteiger partial charge on any atom is -0.329 e. The van der Waals surface area contributed by atoms with Gasteiger partial charge in [-0.15, -0.1) is 0 Å². The van der Waals surface area contributed by atoms with Crippen molar-refractivity contribution in [2.45, 2.75) is 32.1 Å². The summed E-state index contributed by atoms with van der Waals surface area (Å²) in [4.78, 5) is 2.24. The molecular weight excluding hydrogens is 286 g/mol. The molecule has 0 heterocycles. The van der Waals surface area contributed by atoms with Gasteiger partial charge in [-0.3, -0.25) is 4.90 Å². The van der Waals surface area contributed by atoms with Crippen molar-refractivity contribution in [1.82, 2.24) is 9.62 Å². The second-order valence-electron chi connectivity index (χ2n) is 5.09. The molecule has 0 saturated carbocycles. The maximum Gasteiger partial charge on any atom is 0.215 e. The van der Waals surface area contributed by atoms with Crippen LogP contribution in [0, 0.1) is 0 Å². The maximum absolute atomic E-state index is 12.1. The molecule has 1 rings (SSSR count). The highest BCUT2D eigenvalue weighted by Crippen LogP contribution is 2.19. The Kier molecular flexibility index (Phi) is 7.31. The van der Waals surface area contributed by atoms with Gasteiger partial charge in [0.1, 0.15) is 0 Å². The monoisotopic (exact) mass is 313 g/mol. The molecule has 6 heteroatoms.